The van der Waals surface area contributed by atoms with Crippen LogP contribution in [0.3, 0.4) is 0 Å². The van der Waals surface area contributed by atoms with Gasteiger partial charge in [-0.2, -0.15) is 0 Å². The molecule has 1 amide bonds. The van der Waals surface area contributed by atoms with E-state index in [1.54, 1.807) is 7.05 Å². The third-order valence-electron chi connectivity index (χ3n) is 3.90. The van der Waals surface area contributed by atoms with Gasteiger partial charge < -0.3 is 15.6 Å². The number of amides is 1. The van der Waals surface area contributed by atoms with Crippen LogP contribution >= 0.6 is 0 Å². The third kappa shape index (κ3) is 3.41. The molecule has 2 heterocycles. The first-order valence-electron chi connectivity index (χ1n) is 7.48. The molecule has 4 N–H and O–H groups in total. The zero-order valence-electron chi connectivity index (χ0n) is 12.7. The number of anilines is 2. The van der Waals surface area contributed by atoms with Gasteiger partial charge in [0.05, 0.1) is 5.92 Å². The highest BCUT2D eigenvalue weighted by Gasteiger charge is 2.27. The van der Waals surface area contributed by atoms with Gasteiger partial charge in [-0.15, -0.1) is 0 Å². The second kappa shape index (κ2) is 7.21. The van der Waals surface area contributed by atoms with Crippen molar-refractivity contribution in [3.8, 4) is 0 Å². The van der Waals surface area contributed by atoms with Gasteiger partial charge in [0.15, 0.2) is 0 Å². The summed E-state index contributed by atoms with van der Waals surface area (Å²) < 4.78 is 0. The highest BCUT2D eigenvalue weighted by Crippen LogP contribution is 2.28. The van der Waals surface area contributed by atoms with E-state index >= 15 is 0 Å². The summed E-state index contributed by atoms with van der Waals surface area (Å²) in [6, 6.07) is 0. The van der Waals surface area contributed by atoms with Crippen molar-refractivity contribution in [3.05, 3.63) is 11.9 Å². The third-order valence-corrected chi connectivity index (χ3v) is 3.90. The molecule has 1 aromatic heterocycles. The van der Waals surface area contributed by atoms with Crippen LogP contribution in [0.15, 0.2) is 6.33 Å². The number of aromatic nitrogens is 2. The molecular formula is C14H24N6O. The number of hydrazine groups is 1. The van der Waals surface area contributed by atoms with Crippen LogP contribution in [-0.2, 0) is 11.2 Å². The van der Waals surface area contributed by atoms with Gasteiger partial charge in [-0.3, -0.25) is 4.79 Å². The van der Waals surface area contributed by atoms with Gasteiger partial charge in [0, 0.05) is 25.7 Å². The molecule has 1 saturated heterocycles. The summed E-state index contributed by atoms with van der Waals surface area (Å²) in [5.74, 6) is 7.24. The molecule has 2 rings (SSSR count). The number of nitrogens with one attached hydrogen (secondary N) is 2. The Labute approximate surface area is 125 Å². The van der Waals surface area contributed by atoms with Gasteiger partial charge in [-0.25, -0.2) is 15.8 Å². The van der Waals surface area contributed by atoms with Crippen LogP contribution in [0.1, 0.15) is 31.7 Å². The van der Waals surface area contributed by atoms with E-state index in [0.29, 0.717) is 12.4 Å². The number of carbonyl (C=O) groups is 1. The zero-order chi connectivity index (χ0) is 15.2. The van der Waals surface area contributed by atoms with Crippen molar-refractivity contribution in [1.29, 1.82) is 0 Å². The van der Waals surface area contributed by atoms with Crippen LogP contribution in [0.5, 0.6) is 0 Å². The lowest BCUT2D eigenvalue weighted by Crippen LogP contribution is -2.43. The normalized spacial score (nSPS) is 18.4. The van der Waals surface area contributed by atoms with E-state index < -0.39 is 0 Å². The number of rotatable bonds is 5. The van der Waals surface area contributed by atoms with E-state index in [1.165, 1.54) is 6.33 Å². The molecule has 116 valence electrons. The lowest BCUT2D eigenvalue weighted by Gasteiger charge is -2.34. The van der Waals surface area contributed by atoms with E-state index in [2.05, 4.69) is 32.5 Å². The number of nitrogens with zero attached hydrogens (tertiary/aromatic N) is 3. The molecule has 1 aliphatic heterocycles. The number of piperidine rings is 1. The summed E-state index contributed by atoms with van der Waals surface area (Å²) in [4.78, 5) is 22.7. The maximum atomic E-state index is 11.9. The van der Waals surface area contributed by atoms with Crippen LogP contribution in [0.2, 0.25) is 0 Å². The van der Waals surface area contributed by atoms with Crippen LogP contribution in [-0.4, -0.2) is 36.0 Å². The smallest absolute Gasteiger partial charge is 0.224 e. The predicted octanol–water partition coefficient (Wildman–Crippen LogP) is 0.677. The van der Waals surface area contributed by atoms with Gasteiger partial charge in [0.25, 0.3) is 0 Å². The topological polar surface area (TPSA) is 96.2 Å². The number of hydrogen-bond donors (Lipinski definition) is 3. The average Bonchev–Trinajstić information content (AvgIpc) is 2.54. The van der Waals surface area contributed by atoms with E-state index in [9.17, 15) is 4.79 Å². The first kappa shape index (κ1) is 15.5. The number of hydrogen-bond acceptors (Lipinski definition) is 6. The first-order valence-corrected chi connectivity index (χ1v) is 7.48. The van der Waals surface area contributed by atoms with E-state index in [4.69, 9.17) is 5.84 Å². The summed E-state index contributed by atoms with van der Waals surface area (Å²) in [7, 11) is 1.69. The summed E-state index contributed by atoms with van der Waals surface area (Å²) in [5.41, 5.74) is 3.68. The Balaban J connectivity index is 2.26. The highest BCUT2D eigenvalue weighted by molar-refractivity contribution is 5.79. The average molecular weight is 292 g/mol. The molecule has 1 aliphatic rings. The van der Waals surface area contributed by atoms with Gasteiger partial charge in [0.2, 0.25) is 5.91 Å². The summed E-state index contributed by atoms with van der Waals surface area (Å²) >= 11 is 0. The van der Waals surface area contributed by atoms with Crippen LogP contribution in [0.4, 0.5) is 11.6 Å². The fraction of sp³-hybridized carbons (Fsp3) is 0.643. The largest absolute Gasteiger partial charge is 0.359 e. The molecule has 0 aliphatic carbocycles. The summed E-state index contributed by atoms with van der Waals surface area (Å²) in [5, 5.41) is 2.74. The van der Waals surface area contributed by atoms with Crippen molar-refractivity contribution in [2.45, 2.75) is 32.6 Å². The van der Waals surface area contributed by atoms with Crippen molar-refractivity contribution in [3.63, 3.8) is 0 Å². The molecule has 7 nitrogen and oxygen atoms in total. The Morgan fingerprint density at radius 3 is 3.00 bits per heavy atom. The molecule has 0 aromatic carbocycles. The number of nitrogens with two attached hydrogens (primary N) is 1. The van der Waals surface area contributed by atoms with Crippen molar-refractivity contribution in [1.82, 2.24) is 15.3 Å². The minimum absolute atomic E-state index is 0.0162. The Bertz CT molecular complexity index is 492. The fourth-order valence-electron chi connectivity index (χ4n) is 2.87. The highest BCUT2D eigenvalue weighted by atomic mass is 16.1. The molecule has 1 unspecified atom stereocenters. The minimum atomic E-state index is 0.0162. The summed E-state index contributed by atoms with van der Waals surface area (Å²) in [6.07, 6.45) is 5.28. The van der Waals surface area contributed by atoms with Gasteiger partial charge in [0.1, 0.15) is 18.0 Å². The van der Waals surface area contributed by atoms with Crippen LogP contribution in [0, 0.1) is 5.92 Å². The quantitative estimate of drug-likeness (QED) is 0.545. The second-order valence-electron chi connectivity index (χ2n) is 5.32. The lowest BCUT2D eigenvalue weighted by molar-refractivity contribution is -0.124. The zero-order valence-corrected chi connectivity index (χ0v) is 12.7. The molecule has 0 spiro atoms. The van der Waals surface area contributed by atoms with Crippen molar-refractivity contribution in [2.24, 2.45) is 11.8 Å². The molecule has 1 fully saturated rings. The van der Waals surface area contributed by atoms with Crippen molar-refractivity contribution in [2.75, 3.05) is 30.5 Å². The molecule has 7 heteroatoms. The van der Waals surface area contributed by atoms with Crippen LogP contribution < -0.4 is 21.5 Å². The van der Waals surface area contributed by atoms with Gasteiger partial charge in [-0.05, 0) is 19.3 Å². The Kier molecular flexibility index (Phi) is 5.32. The Hall–Kier alpha value is -1.89. The van der Waals surface area contributed by atoms with Gasteiger partial charge >= 0.3 is 0 Å². The molecule has 1 atom stereocenters. The first-order chi connectivity index (χ1) is 10.2. The minimum Gasteiger partial charge on any atom is -0.359 e. The fourth-order valence-corrected chi connectivity index (χ4v) is 2.87. The number of nitrogen functional groups attached to an aromatic ring is 1. The van der Waals surface area contributed by atoms with E-state index in [0.717, 1.165) is 43.6 Å². The molecule has 1 aromatic rings. The lowest BCUT2D eigenvalue weighted by atomic mass is 9.96. The van der Waals surface area contributed by atoms with Gasteiger partial charge in [-0.1, -0.05) is 13.3 Å². The molecule has 0 radical (unpaired) electrons. The molecule has 21 heavy (non-hydrogen) atoms. The summed E-state index contributed by atoms with van der Waals surface area (Å²) in [6.45, 7) is 3.71. The predicted molar refractivity (Wildman–Crippen MR) is 82.8 cm³/mol. The standard InChI is InChI=1S/C14H24N6O/c1-3-5-11-12(19-15)17-9-18-13(11)20-7-4-6-10(8-20)14(21)16-2/h9-10H,3-8,15H2,1-2H3,(H,16,21)(H,17,18,19). The maximum absolute atomic E-state index is 11.9. The van der Waals surface area contributed by atoms with Crippen molar-refractivity contribution >= 4 is 17.5 Å². The van der Waals surface area contributed by atoms with E-state index in [1.807, 2.05) is 0 Å². The number of carbonyl (C=O) groups excluding carboxylic acids is 1. The second-order valence-corrected chi connectivity index (χ2v) is 5.32. The molecular weight excluding hydrogens is 268 g/mol. The van der Waals surface area contributed by atoms with E-state index in [-0.39, 0.29) is 11.8 Å². The molecule has 0 bridgehead atoms. The Morgan fingerprint density at radius 2 is 2.33 bits per heavy atom. The van der Waals surface area contributed by atoms with Crippen molar-refractivity contribution < 1.29 is 4.79 Å². The van der Waals surface area contributed by atoms with Crippen LogP contribution in [0.25, 0.3) is 0 Å². The monoisotopic (exact) mass is 292 g/mol. The SMILES string of the molecule is CCCc1c(NN)ncnc1N1CCCC(C(=O)NC)C1. The Morgan fingerprint density at radius 1 is 1.52 bits per heavy atom. The maximum Gasteiger partial charge on any atom is 0.224 e. The molecule has 0 saturated carbocycles.